The molecule has 1 N–H and O–H groups in total. The quantitative estimate of drug-likeness (QED) is 0.774. The fraction of sp³-hybridized carbons (Fsp3) is 0.100. The molecule has 3 nitrogen and oxygen atoms in total. The summed E-state index contributed by atoms with van der Waals surface area (Å²) in [6, 6.07) is 11.1. The molecule has 72 valence electrons. The van der Waals surface area contributed by atoms with Crippen LogP contribution >= 0.6 is 11.6 Å². The van der Waals surface area contributed by atoms with E-state index in [1.165, 1.54) is 0 Å². The van der Waals surface area contributed by atoms with E-state index < -0.39 is 5.56 Å². The number of aliphatic hydroxyl groups is 1. The molecule has 1 aromatic carbocycles. The van der Waals surface area contributed by atoms with Gasteiger partial charge >= 0.3 is 0 Å². The van der Waals surface area contributed by atoms with Crippen LogP contribution in [0.5, 0.6) is 0 Å². The molecule has 0 amide bonds. The lowest BCUT2D eigenvalue weighted by Crippen LogP contribution is -1.85. The average molecular weight is 210 g/mol. The third kappa shape index (κ3) is 1.78. The van der Waals surface area contributed by atoms with E-state index in [-0.39, 0.29) is 0 Å². The number of alkyl halides is 1. The monoisotopic (exact) mass is 209 g/mol. The van der Waals surface area contributed by atoms with Gasteiger partial charge in [0.2, 0.25) is 0 Å². The van der Waals surface area contributed by atoms with Gasteiger partial charge in [-0.25, -0.2) is 0 Å². The SMILES string of the molecule is OC(Cl)c1cc(-c2ccccc2)on1. The van der Waals surface area contributed by atoms with Crippen molar-refractivity contribution in [2.24, 2.45) is 0 Å². The standard InChI is InChI=1S/C10H8ClNO2/c11-10(13)8-6-9(14-12-8)7-4-2-1-3-5-7/h1-6,10,13H. The molecule has 2 aromatic rings. The normalized spacial score (nSPS) is 12.7. The largest absolute Gasteiger partial charge is 0.372 e. The number of aliphatic hydroxyl groups excluding tert-OH is 1. The minimum atomic E-state index is -1.11. The molecule has 0 aliphatic carbocycles. The Morgan fingerprint density at radius 2 is 2.00 bits per heavy atom. The maximum atomic E-state index is 9.03. The Hall–Kier alpha value is -1.32. The second-order valence-corrected chi connectivity index (χ2v) is 3.23. The van der Waals surface area contributed by atoms with E-state index in [0.717, 1.165) is 5.56 Å². The first-order valence-electron chi connectivity index (χ1n) is 4.11. The van der Waals surface area contributed by atoms with Crippen LogP contribution in [0.4, 0.5) is 0 Å². The van der Waals surface area contributed by atoms with E-state index in [2.05, 4.69) is 5.16 Å². The van der Waals surface area contributed by atoms with Crippen LogP contribution in [0, 0.1) is 0 Å². The van der Waals surface area contributed by atoms with Gasteiger partial charge in [-0.2, -0.15) is 0 Å². The molecule has 0 saturated carbocycles. The summed E-state index contributed by atoms with van der Waals surface area (Å²) in [6.45, 7) is 0. The van der Waals surface area contributed by atoms with Crippen LogP contribution in [0.15, 0.2) is 40.9 Å². The van der Waals surface area contributed by atoms with Crippen LogP contribution in [0.3, 0.4) is 0 Å². The summed E-state index contributed by atoms with van der Waals surface area (Å²) in [5, 5.41) is 12.7. The Morgan fingerprint density at radius 1 is 1.29 bits per heavy atom. The summed E-state index contributed by atoms with van der Waals surface area (Å²) in [7, 11) is 0. The van der Waals surface area contributed by atoms with Gasteiger partial charge < -0.3 is 9.63 Å². The molecule has 0 saturated heterocycles. The van der Waals surface area contributed by atoms with Crippen molar-refractivity contribution in [2.75, 3.05) is 0 Å². The summed E-state index contributed by atoms with van der Waals surface area (Å²) >= 11 is 5.44. The molecule has 14 heavy (non-hydrogen) atoms. The molecule has 1 unspecified atom stereocenters. The van der Waals surface area contributed by atoms with E-state index in [9.17, 15) is 0 Å². The number of rotatable bonds is 2. The molecule has 0 radical (unpaired) electrons. The molecule has 0 aliphatic rings. The van der Waals surface area contributed by atoms with Gasteiger partial charge in [-0.3, -0.25) is 0 Å². The van der Waals surface area contributed by atoms with Crippen molar-refractivity contribution in [3.05, 3.63) is 42.1 Å². The molecular weight excluding hydrogens is 202 g/mol. The lowest BCUT2D eigenvalue weighted by Gasteiger charge is -1.92. The molecule has 0 spiro atoms. The Balaban J connectivity index is 2.34. The average Bonchev–Trinajstić information content (AvgIpc) is 2.68. The van der Waals surface area contributed by atoms with Gasteiger partial charge in [0, 0.05) is 11.6 Å². The number of aromatic nitrogens is 1. The van der Waals surface area contributed by atoms with Gasteiger partial charge in [0.1, 0.15) is 5.69 Å². The van der Waals surface area contributed by atoms with Crippen molar-refractivity contribution in [3.63, 3.8) is 0 Å². The maximum Gasteiger partial charge on any atom is 0.173 e. The third-order valence-electron chi connectivity index (χ3n) is 1.83. The molecule has 1 aromatic heterocycles. The number of nitrogens with zero attached hydrogens (tertiary/aromatic N) is 1. The molecule has 2 rings (SSSR count). The van der Waals surface area contributed by atoms with Gasteiger partial charge in [0.15, 0.2) is 11.3 Å². The van der Waals surface area contributed by atoms with Crippen LogP contribution < -0.4 is 0 Å². The first-order valence-corrected chi connectivity index (χ1v) is 4.55. The predicted octanol–water partition coefficient (Wildman–Crippen LogP) is 2.57. The van der Waals surface area contributed by atoms with Crippen LogP contribution in [0.25, 0.3) is 11.3 Å². The van der Waals surface area contributed by atoms with Crippen LogP contribution in [0.2, 0.25) is 0 Å². The van der Waals surface area contributed by atoms with Crippen LogP contribution in [-0.2, 0) is 0 Å². The van der Waals surface area contributed by atoms with Gasteiger partial charge in [0.25, 0.3) is 0 Å². The summed E-state index contributed by atoms with van der Waals surface area (Å²) in [5.74, 6) is 0.598. The Bertz CT molecular complexity index is 411. The molecule has 0 aliphatic heterocycles. The van der Waals surface area contributed by atoms with Gasteiger partial charge in [-0.05, 0) is 0 Å². The lowest BCUT2D eigenvalue weighted by molar-refractivity contribution is 0.249. The highest BCUT2D eigenvalue weighted by atomic mass is 35.5. The zero-order valence-electron chi connectivity index (χ0n) is 7.22. The zero-order valence-corrected chi connectivity index (χ0v) is 7.98. The highest BCUT2D eigenvalue weighted by Crippen LogP contribution is 2.23. The molecule has 1 atom stereocenters. The van der Waals surface area contributed by atoms with Gasteiger partial charge in [-0.1, -0.05) is 47.1 Å². The van der Waals surface area contributed by atoms with Crippen molar-refractivity contribution in [1.29, 1.82) is 0 Å². The van der Waals surface area contributed by atoms with Gasteiger partial charge in [-0.15, -0.1) is 0 Å². The number of hydrogen-bond donors (Lipinski definition) is 1. The number of halogens is 1. The first-order chi connectivity index (χ1) is 6.77. The highest BCUT2D eigenvalue weighted by molar-refractivity contribution is 6.19. The summed E-state index contributed by atoms with van der Waals surface area (Å²) in [5.41, 5.74) is 0.116. The van der Waals surface area contributed by atoms with Crippen LogP contribution in [0.1, 0.15) is 11.3 Å². The van der Waals surface area contributed by atoms with Gasteiger partial charge in [0.05, 0.1) is 0 Å². The van der Waals surface area contributed by atoms with Crippen LogP contribution in [-0.4, -0.2) is 10.3 Å². The Morgan fingerprint density at radius 3 is 2.57 bits per heavy atom. The summed E-state index contributed by atoms with van der Waals surface area (Å²) in [4.78, 5) is 0. The summed E-state index contributed by atoms with van der Waals surface area (Å²) in [6.07, 6.45) is 0. The fourth-order valence-corrected chi connectivity index (χ4v) is 1.24. The van der Waals surface area contributed by atoms with Crippen molar-refractivity contribution in [2.45, 2.75) is 5.56 Å². The number of hydrogen-bond acceptors (Lipinski definition) is 3. The second-order valence-electron chi connectivity index (χ2n) is 2.82. The van der Waals surface area contributed by atoms with Crippen molar-refractivity contribution < 1.29 is 9.63 Å². The summed E-state index contributed by atoms with van der Waals surface area (Å²) < 4.78 is 5.02. The van der Waals surface area contributed by atoms with E-state index >= 15 is 0 Å². The Labute approximate surface area is 85.9 Å². The smallest absolute Gasteiger partial charge is 0.173 e. The second kappa shape index (κ2) is 3.82. The zero-order chi connectivity index (χ0) is 9.97. The third-order valence-corrected chi connectivity index (χ3v) is 2.05. The molecule has 0 bridgehead atoms. The topological polar surface area (TPSA) is 46.3 Å². The van der Waals surface area contributed by atoms with Crippen molar-refractivity contribution >= 4 is 11.6 Å². The van der Waals surface area contributed by atoms with Crippen molar-refractivity contribution in [1.82, 2.24) is 5.16 Å². The molecule has 0 fully saturated rings. The highest BCUT2D eigenvalue weighted by Gasteiger charge is 2.11. The fourth-order valence-electron chi connectivity index (χ4n) is 1.14. The Kier molecular flexibility index (Phi) is 2.52. The molecular formula is C10H8ClNO2. The van der Waals surface area contributed by atoms with E-state index in [1.807, 2.05) is 30.3 Å². The number of benzene rings is 1. The first kappa shape index (κ1) is 9.24. The van der Waals surface area contributed by atoms with E-state index in [0.29, 0.717) is 11.5 Å². The van der Waals surface area contributed by atoms with E-state index in [1.54, 1.807) is 6.07 Å². The molecule has 1 heterocycles. The predicted molar refractivity (Wildman–Crippen MR) is 52.8 cm³/mol. The van der Waals surface area contributed by atoms with Crippen molar-refractivity contribution in [3.8, 4) is 11.3 Å². The minimum absolute atomic E-state index is 0.325. The lowest BCUT2D eigenvalue weighted by atomic mass is 10.2. The minimum Gasteiger partial charge on any atom is -0.372 e. The van der Waals surface area contributed by atoms with E-state index in [4.69, 9.17) is 21.2 Å². The molecule has 4 heteroatoms. The maximum absolute atomic E-state index is 9.03.